The highest BCUT2D eigenvalue weighted by Crippen LogP contribution is 2.25. The highest BCUT2D eigenvalue weighted by Gasteiger charge is 2.17. The molecule has 0 aromatic heterocycles. The molecule has 0 aliphatic heterocycles. The van der Waals surface area contributed by atoms with E-state index in [-0.39, 0.29) is 16.5 Å². The van der Waals surface area contributed by atoms with E-state index in [1.165, 1.54) is 31.4 Å². The fourth-order valence-corrected chi connectivity index (χ4v) is 2.60. The molecule has 0 aliphatic carbocycles. The molecule has 16 heavy (non-hydrogen) atoms. The predicted octanol–water partition coefficient (Wildman–Crippen LogP) is 1.81. The van der Waals surface area contributed by atoms with Gasteiger partial charge in [0.05, 0.1) is 12.1 Å². The maximum absolute atomic E-state index is 11.7. The SMILES string of the molecule is C=CCNS(=O)(=O)c1ccc(OC)cc1Cl. The topological polar surface area (TPSA) is 55.4 Å². The van der Waals surface area contributed by atoms with Gasteiger partial charge in [-0.1, -0.05) is 17.7 Å². The molecule has 1 aromatic rings. The number of ether oxygens (including phenoxy) is 1. The summed E-state index contributed by atoms with van der Waals surface area (Å²) in [7, 11) is -2.10. The van der Waals surface area contributed by atoms with Crippen LogP contribution in [-0.4, -0.2) is 22.1 Å². The molecule has 4 nitrogen and oxygen atoms in total. The molecule has 88 valence electrons. The maximum atomic E-state index is 11.7. The molecular formula is C10H12ClNO3S. The van der Waals surface area contributed by atoms with E-state index in [1.54, 1.807) is 0 Å². The Morgan fingerprint density at radius 1 is 1.56 bits per heavy atom. The van der Waals surface area contributed by atoms with Crippen LogP contribution >= 0.6 is 11.6 Å². The van der Waals surface area contributed by atoms with Gasteiger partial charge in [0.1, 0.15) is 10.6 Å². The van der Waals surface area contributed by atoms with Gasteiger partial charge >= 0.3 is 0 Å². The monoisotopic (exact) mass is 261 g/mol. The second kappa shape index (κ2) is 5.34. The van der Waals surface area contributed by atoms with Gasteiger partial charge in [0.2, 0.25) is 10.0 Å². The van der Waals surface area contributed by atoms with Gasteiger partial charge in [-0.25, -0.2) is 13.1 Å². The van der Waals surface area contributed by atoms with Gasteiger partial charge in [0, 0.05) is 12.6 Å². The van der Waals surface area contributed by atoms with E-state index in [9.17, 15) is 8.42 Å². The van der Waals surface area contributed by atoms with Crippen molar-refractivity contribution in [3.8, 4) is 5.75 Å². The second-order valence-electron chi connectivity index (χ2n) is 2.94. The van der Waals surface area contributed by atoms with Crippen molar-refractivity contribution in [2.24, 2.45) is 0 Å². The lowest BCUT2D eigenvalue weighted by Gasteiger charge is -2.07. The number of sulfonamides is 1. The third kappa shape index (κ3) is 2.98. The molecule has 0 radical (unpaired) electrons. The van der Waals surface area contributed by atoms with Crippen molar-refractivity contribution in [1.82, 2.24) is 4.72 Å². The van der Waals surface area contributed by atoms with Gasteiger partial charge in [-0.2, -0.15) is 0 Å². The van der Waals surface area contributed by atoms with Crippen molar-refractivity contribution in [3.05, 3.63) is 35.9 Å². The van der Waals surface area contributed by atoms with Crippen LogP contribution in [0.3, 0.4) is 0 Å². The minimum atomic E-state index is -3.59. The lowest BCUT2D eigenvalue weighted by atomic mass is 10.3. The Bertz CT molecular complexity index is 485. The standard InChI is InChI=1S/C10H12ClNO3S/c1-3-6-12-16(13,14)10-5-4-8(15-2)7-9(10)11/h3-5,7,12H,1,6H2,2H3. The predicted molar refractivity (Wildman–Crippen MR) is 63.4 cm³/mol. The van der Waals surface area contributed by atoms with Crippen LogP contribution in [0.2, 0.25) is 5.02 Å². The number of methoxy groups -OCH3 is 1. The van der Waals surface area contributed by atoms with Crippen LogP contribution in [0.5, 0.6) is 5.75 Å². The number of hydrogen-bond acceptors (Lipinski definition) is 3. The number of nitrogens with one attached hydrogen (secondary N) is 1. The summed E-state index contributed by atoms with van der Waals surface area (Å²) < 4.78 is 30.7. The summed E-state index contributed by atoms with van der Waals surface area (Å²) in [6, 6.07) is 4.38. The van der Waals surface area contributed by atoms with Crippen molar-refractivity contribution in [3.63, 3.8) is 0 Å². The van der Waals surface area contributed by atoms with E-state index in [4.69, 9.17) is 16.3 Å². The Hall–Kier alpha value is -1.04. The third-order valence-corrected chi connectivity index (χ3v) is 3.75. The van der Waals surface area contributed by atoms with Crippen molar-refractivity contribution >= 4 is 21.6 Å². The zero-order chi connectivity index (χ0) is 12.2. The zero-order valence-electron chi connectivity index (χ0n) is 8.73. The summed E-state index contributed by atoms with van der Waals surface area (Å²) in [4.78, 5) is 0.0248. The smallest absolute Gasteiger partial charge is 0.242 e. The molecular weight excluding hydrogens is 250 g/mol. The van der Waals surface area contributed by atoms with Crippen LogP contribution in [0.4, 0.5) is 0 Å². The minimum absolute atomic E-state index is 0.0248. The molecule has 1 N–H and O–H groups in total. The Kier molecular flexibility index (Phi) is 4.35. The van der Waals surface area contributed by atoms with Crippen LogP contribution in [-0.2, 0) is 10.0 Å². The van der Waals surface area contributed by atoms with E-state index in [2.05, 4.69) is 11.3 Å². The first kappa shape index (κ1) is 13.0. The summed E-state index contributed by atoms with van der Waals surface area (Å²) in [5.41, 5.74) is 0. The van der Waals surface area contributed by atoms with Gasteiger partial charge in [-0.15, -0.1) is 6.58 Å². The van der Waals surface area contributed by atoms with Crippen LogP contribution in [0.1, 0.15) is 0 Å². The van der Waals surface area contributed by atoms with E-state index in [0.29, 0.717) is 5.75 Å². The van der Waals surface area contributed by atoms with Crippen molar-refractivity contribution in [2.75, 3.05) is 13.7 Å². The fraction of sp³-hybridized carbons (Fsp3) is 0.200. The zero-order valence-corrected chi connectivity index (χ0v) is 10.3. The van der Waals surface area contributed by atoms with E-state index >= 15 is 0 Å². The molecule has 1 aromatic carbocycles. The number of hydrogen-bond donors (Lipinski definition) is 1. The molecule has 0 spiro atoms. The van der Waals surface area contributed by atoms with Crippen molar-refractivity contribution < 1.29 is 13.2 Å². The molecule has 1 rings (SSSR count). The number of rotatable bonds is 5. The Morgan fingerprint density at radius 3 is 2.75 bits per heavy atom. The fourth-order valence-electron chi connectivity index (χ4n) is 1.07. The van der Waals surface area contributed by atoms with Crippen LogP contribution in [0.15, 0.2) is 35.7 Å². The molecule has 0 amide bonds. The molecule has 0 saturated carbocycles. The first-order chi connectivity index (χ1) is 7.51. The maximum Gasteiger partial charge on any atom is 0.242 e. The molecule has 0 fully saturated rings. The summed E-state index contributed by atoms with van der Waals surface area (Å²) in [5, 5.41) is 0.121. The summed E-state index contributed by atoms with van der Waals surface area (Å²) >= 11 is 5.85. The molecule has 0 atom stereocenters. The molecule has 0 bridgehead atoms. The average Bonchev–Trinajstić information content (AvgIpc) is 2.25. The Labute approximate surface area is 99.9 Å². The molecule has 0 saturated heterocycles. The molecule has 0 unspecified atom stereocenters. The van der Waals surface area contributed by atoms with Crippen molar-refractivity contribution in [1.29, 1.82) is 0 Å². The number of benzene rings is 1. The number of halogens is 1. The molecule has 6 heteroatoms. The van der Waals surface area contributed by atoms with Gasteiger partial charge < -0.3 is 4.74 Å². The van der Waals surface area contributed by atoms with Gasteiger partial charge in [-0.3, -0.25) is 0 Å². The second-order valence-corrected chi connectivity index (χ2v) is 5.08. The van der Waals surface area contributed by atoms with Crippen LogP contribution in [0.25, 0.3) is 0 Å². The lowest BCUT2D eigenvalue weighted by molar-refractivity contribution is 0.414. The van der Waals surface area contributed by atoms with Gasteiger partial charge in [-0.05, 0) is 12.1 Å². The average molecular weight is 262 g/mol. The summed E-state index contributed by atoms with van der Waals surface area (Å²) in [6.07, 6.45) is 1.45. The normalized spacial score (nSPS) is 11.1. The molecule has 0 aliphatic rings. The molecule has 0 heterocycles. The largest absolute Gasteiger partial charge is 0.497 e. The lowest BCUT2D eigenvalue weighted by Crippen LogP contribution is -2.23. The van der Waals surface area contributed by atoms with Gasteiger partial charge in [0.15, 0.2) is 0 Å². The van der Waals surface area contributed by atoms with Crippen LogP contribution < -0.4 is 9.46 Å². The summed E-state index contributed by atoms with van der Waals surface area (Å²) in [6.45, 7) is 3.58. The Morgan fingerprint density at radius 2 is 2.25 bits per heavy atom. The minimum Gasteiger partial charge on any atom is -0.497 e. The quantitative estimate of drug-likeness (QED) is 0.823. The Balaban J connectivity index is 3.09. The van der Waals surface area contributed by atoms with E-state index < -0.39 is 10.0 Å². The van der Waals surface area contributed by atoms with E-state index in [0.717, 1.165) is 0 Å². The van der Waals surface area contributed by atoms with Crippen molar-refractivity contribution in [2.45, 2.75) is 4.90 Å². The summed E-state index contributed by atoms with van der Waals surface area (Å²) in [5.74, 6) is 0.507. The van der Waals surface area contributed by atoms with Gasteiger partial charge in [0.25, 0.3) is 0 Å². The first-order valence-corrected chi connectivity index (χ1v) is 6.31. The van der Waals surface area contributed by atoms with Crippen LogP contribution in [0, 0.1) is 0 Å². The first-order valence-electron chi connectivity index (χ1n) is 4.45. The highest BCUT2D eigenvalue weighted by atomic mass is 35.5. The third-order valence-electron chi connectivity index (χ3n) is 1.85. The van der Waals surface area contributed by atoms with E-state index in [1.807, 2.05) is 0 Å². The highest BCUT2D eigenvalue weighted by molar-refractivity contribution is 7.89.